The number of nitrogens with zero attached hydrogens (tertiary/aromatic N) is 1. The van der Waals surface area contributed by atoms with E-state index in [2.05, 4.69) is 57.6 Å². The summed E-state index contributed by atoms with van der Waals surface area (Å²) in [6, 6.07) is 12.8. The van der Waals surface area contributed by atoms with Crippen LogP contribution in [0.1, 0.15) is 11.1 Å². The number of hydrogen-bond donors (Lipinski definition) is 1. The largest absolute Gasteiger partial charge is 0.312 e. The first-order valence-corrected chi connectivity index (χ1v) is 8.30. The zero-order valence-electron chi connectivity index (χ0n) is 10.8. The van der Waals surface area contributed by atoms with E-state index in [9.17, 15) is 0 Å². The lowest BCUT2D eigenvalue weighted by molar-refractivity contribution is 0.645. The maximum atomic E-state index is 4.81. The Balaban J connectivity index is 1.90. The molecule has 4 rings (SSSR count). The van der Waals surface area contributed by atoms with Gasteiger partial charge in [-0.25, -0.2) is 4.98 Å². The molecule has 2 aromatic carbocycles. The van der Waals surface area contributed by atoms with Crippen molar-refractivity contribution in [3.63, 3.8) is 0 Å². The van der Waals surface area contributed by atoms with Gasteiger partial charge in [0.15, 0.2) is 0 Å². The molecular formula is C16H13BrN2S. The van der Waals surface area contributed by atoms with Crippen molar-refractivity contribution in [2.24, 2.45) is 0 Å². The van der Waals surface area contributed by atoms with Gasteiger partial charge in [-0.3, -0.25) is 0 Å². The molecule has 20 heavy (non-hydrogen) atoms. The maximum absolute atomic E-state index is 4.81. The fraction of sp³-hybridized carbons (Fsp3) is 0.188. The first-order chi connectivity index (χ1) is 9.81. The first kappa shape index (κ1) is 12.5. The second kappa shape index (κ2) is 4.95. The quantitative estimate of drug-likeness (QED) is 0.708. The van der Waals surface area contributed by atoms with Crippen molar-refractivity contribution in [3.05, 3.63) is 52.0 Å². The summed E-state index contributed by atoms with van der Waals surface area (Å²) < 4.78 is 2.35. The van der Waals surface area contributed by atoms with E-state index in [-0.39, 0.29) is 0 Å². The third-order valence-corrected chi connectivity index (χ3v) is 5.27. The standard InChI is InChI=1S/C16H13BrN2S/c17-11-4-5-14-15(8-11)20-16(19-14)13-3-1-2-10-9-18-7-6-12(10)13/h1-5,8,18H,6-7,9H2. The third-order valence-electron chi connectivity index (χ3n) is 3.72. The maximum Gasteiger partial charge on any atom is 0.124 e. The third kappa shape index (κ3) is 2.08. The van der Waals surface area contributed by atoms with E-state index >= 15 is 0 Å². The van der Waals surface area contributed by atoms with Gasteiger partial charge in [-0.05, 0) is 42.3 Å². The van der Waals surface area contributed by atoms with Crippen molar-refractivity contribution in [2.45, 2.75) is 13.0 Å². The topological polar surface area (TPSA) is 24.9 Å². The van der Waals surface area contributed by atoms with Crippen LogP contribution < -0.4 is 5.32 Å². The van der Waals surface area contributed by atoms with Gasteiger partial charge < -0.3 is 5.32 Å². The van der Waals surface area contributed by atoms with Crippen LogP contribution in [0.25, 0.3) is 20.8 Å². The number of halogens is 1. The Morgan fingerprint density at radius 3 is 3.10 bits per heavy atom. The monoisotopic (exact) mass is 344 g/mol. The van der Waals surface area contributed by atoms with E-state index in [1.807, 2.05) is 0 Å². The molecule has 0 unspecified atom stereocenters. The lowest BCUT2D eigenvalue weighted by atomic mass is 9.96. The van der Waals surface area contributed by atoms with Gasteiger partial charge in [0.25, 0.3) is 0 Å². The zero-order valence-corrected chi connectivity index (χ0v) is 13.2. The molecule has 1 N–H and O–H groups in total. The van der Waals surface area contributed by atoms with Crippen LogP contribution >= 0.6 is 27.3 Å². The average Bonchev–Trinajstić information content (AvgIpc) is 2.89. The summed E-state index contributed by atoms with van der Waals surface area (Å²) in [5, 5.41) is 4.57. The van der Waals surface area contributed by atoms with E-state index in [1.54, 1.807) is 11.3 Å². The first-order valence-electron chi connectivity index (χ1n) is 6.69. The Morgan fingerprint density at radius 2 is 2.15 bits per heavy atom. The van der Waals surface area contributed by atoms with Crippen molar-refractivity contribution < 1.29 is 0 Å². The molecule has 4 heteroatoms. The molecule has 0 spiro atoms. The highest BCUT2D eigenvalue weighted by molar-refractivity contribution is 9.10. The summed E-state index contributed by atoms with van der Waals surface area (Å²) in [6.07, 6.45) is 1.09. The predicted molar refractivity (Wildman–Crippen MR) is 88.2 cm³/mol. The molecule has 2 nitrogen and oxygen atoms in total. The van der Waals surface area contributed by atoms with Gasteiger partial charge in [0.05, 0.1) is 10.2 Å². The number of fused-ring (bicyclic) bond motifs is 2. The van der Waals surface area contributed by atoms with Crippen molar-refractivity contribution >= 4 is 37.5 Å². The molecule has 0 radical (unpaired) electrons. The van der Waals surface area contributed by atoms with E-state index in [1.165, 1.54) is 21.4 Å². The number of nitrogens with one attached hydrogen (secondary N) is 1. The Kier molecular flexibility index (Phi) is 3.10. The molecule has 0 bridgehead atoms. The van der Waals surface area contributed by atoms with Gasteiger partial charge in [0.1, 0.15) is 5.01 Å². The van der Waals surface area contributed by atoms with Crippen LogP contribution in [0.5, 0.6) is 0 Å². The molecule has 1 aliphatic rings. The van der Waals surface area contributed by atoms with Gasteiger partial charge in [0, 0.05) is 16.6 Å². The Morgan fingerprint density at radius 1 is 1.20 bits per heavy atom. The molecule has 0 saturated carbocycles. The number of thiazole rings is 1. The van der Waals surface area contributed by atoms with Crippen LogP contribution in [0.2, 0.25) is 0 Å². The molecule has 100 valence electrons. The lowest BCUT2D eigenvalue weighted by Crippen LogP contribution is -2.23. The molecular weight excluding hydrogens is 332 g/mol. The number of benzene rings is 2. The molecule has 0 fully saturated rings. The highest BCUT2D eigenvalue weighted by Gasteiger charge is 2.16. The number of hydrogen-bond acceptors (Lipinski definition) is 3. The number of aromatic nitrogens is 1. The Hall–Kier alpha value is -1.23. The average molecular weight is 345 g/mol. The smallest absolute Gasteiger partial charge is 0.124 e. The van der Waals surface area contributed by atoms with E-state index in [0.717, 1.165) is 34.5 Å². The van der Waals surface area contributed by atoms with Crippen LogP contribution in [-0.4, -0.2) is 11.5 Å². The van der Waals surface area contributed by atoms with Crippen LogP contribution in [0.3, 0.4) is 0 Å². The van der Waals surface area contributed by atoms with Crippen molar-refractivity contribution in [1.82, 2.24) is 10.3 Å². The fourth-order valence-electron chi connectivity index (χ4n) is 2.75. The SMILES string of the molecule is Brc1ccc2nc(-c3cccc4c3CCNC4)sc2c1. The van der Waals surface area contributed by atoms with Crippen molar-refractivity contribution in [2.75, 3.05) is 6.54 Å². The van der Waals surface area contributed by atoms with Crippen LogP contribution in [0.15, 0.2) is 40.9 Å². The second-order valence-corrected chi connectivity index (χ2v) is 6.95. The second-order valence-electron chi connectivity index (χ2n) is 5.00. The highest BCUT2D eigenvalue weighted by Crippen LogP contribution is 2.35. The van der Waals surface area contributed by atoms with E-state index in [4.69, 9.17) is 4.98 Å². The van der Waals surface area contributed by atoms with Gasteiger partial charge in [-0.2, -0.15) is 0 Å². The Labute approximate surface area is 130 Å². The van der Waals surface area contributed by atoms with E-state index < -0.39 is 0 Å². The van der Waals surface area contributed by atoms with E-state index in [0.29, 0.717) is 0 Å². The summed E-state index contributed by atoms with van der Waals surface area (Å²) in [5.41, 5.74) is 5.26. The van der Waals surface area contributed by atoms with Gasteiger partial charge in [-0.1, -0.05) is 34.1 Å². The fourth-order valence-corrected chi connectivity index (χ4v) is 4.32. The molecule has 2 heterocycles. The molecule has 0 aliphatic carbocycles. The molecule has 1 aromatic heterocycles. The number of rotatable bonds is 1. The summed E-state index contributed by atoms with van der Waals surface area (Å²) in [5.74, 6) is 0. The van der Waals surface area contributed by atoms with Crippen molar-refractivity contribution in [1.29, 1.82) is 0 Å². The summed E-state index contributed by atoms with van der Waals surface area (Å²) in [6.45, 7) is 2.03. The van der Waals surface area contributed by atoms with Gasteiger partial charge in [0.2, 0.25) is 0 Å². The summed E-state index contributed by atoms with van der Waals surface area (Å²) in [7, 11) is 0. The molecule has 0 amide bonds. The zero-order chi connectivity index (χ0) is 13.5. The summed E-state index contributed by atoms with van der Waals surface area (Å²) in [4.78, 5) is 4.81. The molecule has 1 aliphatic heterocycles. The van der Waals surface area contributed by atoms with Crippen molar-refractivity contribution in [3.8, 4) is 10.6 Å². The summed E-state index contributed by atoms with van der Waals surface area (Å²) >= 11 is 5.30. The lowest BCUT2D eigenvalue weighted by Gasteiger charge is -2.19. The van der Waals surface area contributed by atoms with Gasteiger partial charge >= 0.3 is 0 Å². The minimum atomic E-state index is 0.972. The minimum Gasteiger partial charge on any atom is -0.312 e. The van der Waals surface area contributed by atoms with Crippen LogP contribution in [0, 0.1) is 0 Å². The van der Waals surface area contributed by atoms with Gasteiger partial charge in [-0.15, -0.1) is 11.3 Å². The van der Waals surface area contributed by atoms with Crippen LogP contribution in [0.4, 0.5) is 0 Å². The molecule has 0 saturated heterocycles. The Bertz CT molecular complexity index is 794. The predicted octanol–water partition coefficient (Wildman–Crippen LogP) is 4.37. The minimum absolute atomic E-state index is 0.972. The normalized spacial score (nSPS) is 14.4. The van der Waals surface area contributed by atoms with Crippen LogP contribution in [-0.2, 0) is 13.0 Å². The molecule has 3 aromatic rings. The highest BCUT2D eigenvalue weighted by atomic mass is 79.9. The molecule has 0 atom stereocenters.